The summed E-state index contributed by atoms with van der Waals surface area (Å²) >= 11 is 0. The molecule has 1 saturated heterocycles. The lowest BCUT2D eigenvalue weighted by Crippen LogP contribution is -2.62. The van der Waals surface area contributed by atoms with Gasteiger partial charge in [0.1, 0.15) is 5.76 Å². The number of hydrogen-bond acceptors (Lipinski definition) is 4. The fourth-order valence-electron chi connectivity index (χ4n) is 3.88. The zero-order valence-corrected chi connectivity index (χ0v) is 11.8. The summed E-state index contributed by atoms with van der Waals surface area (Å²) in [4.78, 5) is 2.58. The molecule has 4 nitrogen and oxygen atoms in total. The Morgan fingerprint density at radius 3 is 2.47 bits per heavy atom. The van der Waals surface area contributed by atoms with Gasteiger partial charge >= 0.3 is 0 Å². The van der Waals surface area contributed by atoms with Gasteiger partial charge in [0, 0.05) is 18.6 Å². The molecule has 0 aromatic rings. The molecule has 1 unspecified atom stereocenters. The first-order valence-corrected chi connectivity index (χ1v) is 7.74. The minimum Gasteiger partial charge on any atom is -0.497 e. The third-order valence-electron chi connectivity index (χ3n) is 4.96. The standard InChI is InChI=1S/C15H26N2O2/c16-14(13-5-1-4-10-19-13)15(6-2-3-7-15)17-8-11-18-12-9-17/h5,14H,1-4,6-12,16H2. The van der Waals surface area contributed by atoms with E-state index < -0.39 is 0 Å². The van der Waals surface area contributed by atoms with Crippen molar-refractivity contribution in [1.82, 2.24) is 4.90 Å². The first kappa shape index (κ1) is 13.4. The number of rotatable bonds is 3. The minimum atomic E-state index is 0.0356. The molecule has 0 radical (unpaired) electrons. The number of nitrogens with zero attached hydrogens (tertiary/aromatic N) is 1. The highest BCUT2D eigenvalue weighted by Crippen LogP contribution is 2.40. The lowest BCUT2D eigenvalue weighted by atomic mass is 9.84. The summed E-state index contributed by atoms with van der Waals surface area (Å²) < 4.78 is 11.3. The zero-order chi connectivity index (χ0) is 13.1. The van der Waals surface area contributed by atoms with Crippen LogP contribution in [0, 0.1) is 0 Å². The van der Waals surface area contributed by atoms with E-state index in [2.05, 4.69) is 11.0 Å². The van der Waals surface area contributed by atoms with Gasteiger partial charge < -0.3 is 15.2 Å². The quantitative estimate of drug-likeness (QED) is 0.844. The second-order valence-electron chi connectivity index (χ2n) is 5.98. The Bertz CT molecular complexity index is 331. The monoisotopic (exact) mass is 266 g/mol. The molecule has 1 saturated carbocycles. The van der Waals surface area contributed by atoms with E-state index in [1.54, 1.807) is 0 Å². The van der Waals surface area contributed by atoms with Gasteiger partial charge in [-0.2, -0.15) is 0 Å². The van der Waals surface area contributed by atoms with Gasteiger partial charge in [0.25, 0.3) is 0 Å². The van der Waals surface area contributed by atoms with E-state index in [1.807, 2.05) is 0 Å². The van der Waals surface area contributed by atoms with Crippen LogP contribution >= 0.6 is 0 Å². The van der Waals surface area contributed by atoms with E-state index in [4.69, 9.17) is 15.2 Å². The van der Waals surface area contributed by atoms with Gasteiger partial charge in [-0.25, -0.2) is 0 Å². The van der Waals surface area contributed by atoms with Crippen LogP contribution in [-0.2, 0) is 9.47 Å². The lowest BCUT2D eigenvalue weighted by molar-refractivity contribution is -0.0336. The van der Waals surface area contributed by atoms with Gasteiger partial charge in [0.15, 0.2) is 0 Å². The molecular weight excluding hydrogens is 240 g/mol. The van der Waals surface area contributed by atoms with Crippen LogP contribution in [0.2, 0.25) is 0 Å². The first-order valence-electron chi connectivity index (χ1n) is 7.74. The molecule has 3 rings (SSSR count). The Hall–Kier alpha value is -0.580. The Kier molecular flexibility index (Phi) is 4.10. The molecule has 108 valence electrons. The first-order chi connectivity index (χ1) is 9.33. The van der Waals surface area contributed by atoms with Crippen LogP contribution in [0.5, 0.6) is 0 Å². The van der Waals surface area contributed by atoms with Crippen molar-refractivity contribution in [3.05, 3.63) is 11.8 Å². The maximum atomic E-state index is 6.64. The fraction of sp³-hybridized carbons (Fsp3) is 0.867. The summed E-state index contributed by atoms with van der Waals surface area (Å²) in [5.74, 6) is 1.04. The van der Waals surface area contributed by atoms with E-state index >= 15 is 0 Å². The summed E-state index contributed by atoms with van der Waals surface area (Å²) in [6, 6.07) is 0.0356. The molecule has 0 aromatic carbocycles. The molecular formula is C15H26N2O2. The van der Waals surface area contributed by atoms with Crippen molar-refractivity contribution in [3.63, 3.8) is 0 Å². The highest BCUT2D eigenvalue weighted by Gasteiger charge is 2.46. The molecule has 2 N–H and O–H groups in total. The Labute approximate surface area is 115 Å². The van der Waals surface area contributed by atoms with E-state index in [0.29, 0.717) is 0 Å². The molecule has 19 heavy (non-hydrogen) atoms. The van der Waals surface area contributed by atoms with Crippen LogP contribution < -0.4 is 5.73 Å². The van der Waals surface area contributed by atoms with Crippen molar-refractivity contribution in [2.75, 3.05) is 32.9 Å². The van der Waals surface area contributed by atoms with Crippen LogP contribution in [0.1, 0.15) is 38.5 Å². The van der Waals surface area contributed by atoms with Crippen LogP contribution in [0.3, 0.4) is 0 Å². The van der Waals surface area contributed by atoms with Crippen molar-refractivity contribution < 1.29 is 9.47 Å². The topological polar surface area (TPSA) is 47.7 Å². The predicted octanol–water partition coefficient (Wildman–Crippen LogP) is 1.65. The summed E-state index contributed by atoms with van der Waals surface area (Å²) in [6.07, 6.45) is 9.44. The number of ether oxygens (including phenoxy) is 2. The molecule has 0 spiro atoms. The smallest absolute Gasteiger partial charge is 0.111 e. The second kappa shape index (κ2) is 5.81. The molecule has 2 aliphatic heterocycles. The van der Waals surface area contributed by atoms with Gasteiger partial charge in [0.05, 0.1) is 25.9 Å². The number of morpholine rings is 1. The van der Waals surface area contributed by atoms with Gasteiger partial charge in [-0.15, -0.1) is 0 Å². The van der Waals surface area contributed by atoms with E-state index in [0.717, 1.165) is 51.5 Å². The maximum absolute atomic E-state index is 6.64. The molecule has 2 fully saturated rings. The minimum absolute atomic E-state index is 0.0356. The fourth-order valence-corrected chi connectivity index (χ4v) is 3.88. The Balaban J connectivity index is 1.80. The highest BCUT2D eigenvalue weighted by molar-refractivity contribution is 5.17. The van der Waals surface area contributed by atoms with E-state index in [-0.39, 0.29) is 11.6 Å². The molecule has 4 heteroatoms. The molecule has 1 aliphatic carbocycles. The molecule has 0 aromatic heterocycles. The van der Waals surface area contributed by atoms with E-state index in [1.165, 1.54) is 25.7 Å². The molecule has 3 aliphatic rings. The van der Waals surface area contributed by atoms with Crippen LogP contribution in [0.25, 0.3) is 0 Å². The van der Waals surface area contributed by atoms with Gasteiger partial charge in [0.2, 0.25) is 0 Å². The third-order valence-corrected chi connectivity index (χ3v) is 4.96. The molecule has 2 heterocycles. The van der Waals surface area contributed by atoms with Crippen LogP contribution in [0.4, 0.5) is 0 Å². The van der Waals surface area contributed by atoms with Crippen molar-refractivity contribution in [1.29, 1.82) is 0 Å². The summed E-state index contributed by atoms with van der Waals surface area (Å²) in [5, 5.41) is 0. The Morgan fingerprint density at radius 1 is 1.11 bits per heavy atom. The van der Waals surface area contributed by atoms with Gasteiger partial charge in [-0.3, -0.25) is 4.90 Å². The summed E-state index contributed by atoms with van der Waals surface area (Å²) in [5.41, 5.74) is 6.76. The van der Waals surface area contributed by atoms with E-state index in [9.17, 15) is 0 Å². The molecule has 0 amide bonds. The van der Waals surface area contributed by atoms with Crippen molar-refractivity contribution in [2.45, 2.75) is 50.1 Å². The average molecular weight is 266 g/mol. The van der Waals surface area contributed by atoms with Gasteiger partial charge in [-0.1, -0.05) is 12.8 Å². The summed E-state index contributed by atoms with van der Waals surface area (Å²) in [7, 11) is 0. The average Bonchev–Trinajstić information content (AvgIpc) is 2.99. The largest absolute Gasteiger partial charge is 0.497 e. The number of hydrogen-bond donors (Lipinski definition) is 1. The third kappa shape index (κ3) is 2.54. The van der Waals surface area contributed by atoms with Crippen LogP contribution in [0.15, 0.2) is 11.8 Å². The van der Waals surface area contributed by atoms with Crippen molar-refractivity contribution in [3.8, 4) is 0 Å². The maximum Gasteiger partial charge on any atom is 0.111 e. The zero-order valence-electron chi connectivity index (χ0n) is 11.8. The second-order valence-corrected chi connectivity index (χ2v) is 5.98. The van der Waals surface area contributed by atoms with Crippen molar-refractivity contribution >= 4 is 0 Å². The summed E-state index contributed by atoms with van der Waals surface area (Å²) in [6.45, 7) is 4.55. The number of allylic oxidation sites excluding steroid dienone is 1. The lowest BCUT2D eigenvalue weighted by Gasteiger charge is -2.47. The highest BCUT2D eigenvalue weighted by atomic mass is 16.5. The number of nitrogens with two attached hydrogens (primary N) is 1. The predicted molar refractivity (Wildman–Crippen MR) is 74.8 cm³/mol. The molecule has 0 bridgehead atoms. The normalized spacial score (nSPS) is 29.6. The van der Waals surface area contributed by atoms with Crippen molar-refractivity contribution in [2.24, 2.45) is 5.73 Å². The van der Waals surface area contributed by atoms with Gasteiger partial charge in [-0.05, 0) is 31.8 Å². The molecule has 1 atom stereocenters. The SMILES string of the molecule is NC(C1=CCCCO1)C1(N2CCOCC2)CCCC1. The Morgan fingerprint density at radius 2 is 1.84 bits per heavy atom. The van der Waals surface area contributed by atoms with Crippen LogP contribution in [-0.4, -0.2) is 49.4 Å².